The summed E-state index contributed by atoms with van der Waals surface area (Å²) in [4.78, 5) is 27.3. The lowest BCUT2D eigenvalue weighted by molar-refractivity contribution is -0.139. The molecule has 4 rings (SSSR count). The molecular weight excluding hydrogens is 446 g/mol. The average Bonchev–Trinajstić information content (AvgIpc) is 3.21. The maximum absolute atomic E-state index is 12.7. The molecule has 0 unspecified atom stereocenters. The number of hydrogen-bond acceptors (Lipinski definition) is 5. The molecule has 0 saturated carbocycles. The van der Waals surface area contributed by atoms with E-state index in [1.807, 2.05) is 24.3 Å². The van der Waals surface area contributed by atoms with Crippen LogP contribution in [0.25, 0.3) is 10.9 Å². The zero-order chi connectivity index (χ0) is 24.6. The minimum Gasteiger partial charge on any atom is -0.505 e. The van der Waals surface area contributed by atoms with Gasteiger partial charge in [0.05, 0.1) is 6.61 Å². The van der Waals surface area contributed by atoms with Crippen molar-refractivity contribution < 1.29 is 24.5 Å². The minimum absolute atomic E-state index is 0.0543. The number of aromatic nitrogens is 1. The van der Waals surface area contributed by atoms with Gasteiger partial charge in [-0.3, -0.25) is 4.79 Å². The van der Waals surface area contributed by atoms with Gasteiger partial charge in [-0.15, -0.1) is 0 Å². The van der Waals surface area contributed by atoms with E-state index in [-0.39, 0.29) is 17.9 Å². The van der Waals surface area contributed by atoms with E-state index < -0.39 is 17.9 Å². The molecule has 8 nitrogen and oxygen atoms in total. The third kappa shape index (κ3) is 6.54. The fourth-order valence-corrected chi connectivity index (χ4v) is 4.57. The second-order valence-electron chi connectivity index (χ2n) is 9.14. The van der Waals surface area contributed by atoms with E-state index in [0.29, 0.717) is 17.5 Å². The number of carboxylic acids is 1. The van der Waals surface area contributed by atoms with Crippen LogP contribution in [0.5, 0.6) is 11.5 Å². The zero-order valence-corrected chi connectivity index (χ0v) is 19.8. The molecule has 2 heterocycles. The van der Waals surface area contributed by atoms with Crippen LogP contribution in [0.15, 0.2) is 48.5 Å². The molecule has 0 aliphatic carbocycles. The first-order valence-corrected chi connectivity index (χ1v) is 12.3. The van der Waals surface area contributed by atoms with Crippen LogP contribution in [0.2, 0.25) is 0 Å². The zero-order valence-electron chi connectivity index (χ0n) is 19.8. The highest BCUT2D eigenvalue weighted by molar-refractivity contribution is 6.04. The van der Waals surface area contributed by atoms with Gasteiger partial charge in [0.15, 0.2) is 5.75 Å². The molecule has 186 valence electrons. The topological polar surface area (TPSA) is 124 Å². The SMILES string of the molecule is O=C(N[C@@H](Cc1ccc(OCCCCC2CCNCC2)cc1)C(=O)O)c1[nH]c2ccccc2c1O. The van der Waals surface area contributed by atoms with Gasteiger partial charge in [-0.1, -0.05) is 30.7 Å². The summed E-state index contributed by atoms with van der Waals surface area (Å²) in [5.74, 6) is -0.439. The van der Waals surface area contributed by atoms with Gasteiger partial charge in [0.1, 0.15) is 17.5 Å². The number of amides is 1. The molecule has 1 saturated heterocycles. The van der Waals surface area contributed by atoms with Crippen LogP contribution in [0, 0.1) is 5.92 Å². The number of H-pyrrole nitrogens is 1. The van der Waals surface area contributed by atoms with Crippen LogP contribution in [0.3, 0.4) is 0 Å². The average molecular weight is 480 g/mol. The maximum Gasteiger partial charge on any atom is 0.326 e. The molecule has 0 spiro atoms. The van der Waals surface area contributed by atoms with Gasteiger partial charge in [-0.25, -0.2) is 4.79 Å². The number of aromatic hydroxyl groups is 1. The highest BCUT2D eigenvalue weighted by Crippen LogP contribution is 2.28. The van der Waals surface area contributed by atoms with E-state index >= 15 is 0 Å². The summed E-state index contributed by atoms with van der Waals surface area (Å²) < 4.78 is 5.84. The lowest BCUT2D eigenvalue weighted by Crippen LogP contribution is -2.42. The Morgan fingerprint density at radius 1 is 1.06 bits per heavy atom. The van der Waals surface area contributed by atoms with Crippen molar-refractivity contribution in [2.75, 3.05) is 19.7 Å². The Hall–Kier alpha value is -3.52. The van der Waals surface area contributed by atoms with Crippen LogP contribution < -0.4 is 15.4 Å². The Kier molecular flexibility index (Phi) is 8.26. The number of unbranched alkanes of at least 4 members (excludes halogenated alkanes) is 1. The molecule has 2 aromatic carbocycles. The number of aliphatic carboxylic acids is 1. The molecule has 8 heteroatoms. The molecule has 35 heavy (non-hydrogen) atoms. The summed E-state index contributed by atoms with van der Waals surface area (Å²) in [5.41, 5.74) is 1.31. The normalized spacial score (nSPS) is 15.1. The van der Waals surface area contributed by atoms with E-state index in [2.05, 4.69) is 15.6 Å². The van der Waals surface area contributed by atoms with Gasteiger partial charge in [0.2, 0.25) is 0 Å². The molecule has 1 aromatic heterocycles. The molecular formula is C27H33N3O5. The van der Waals surface area contributed by atoms with Gasteiger partial charge in [0, 0.05) is 17.3 Å². The number of hydrogen-bond donors (Lipinski definition) is 5. The van der Waals surface area contributed by atoms with Crippen LogP contribution >= 0.6 is 0 Å². The number of ether oxygens (including phenoxy) is 1. The smallest absolute Gasteiger partial charge is 0.326 e. The minimum atomic E-state index is -1.15. The van der Waals surface area contributed by atoms with E-state index in [4.69, 9.17) is 4.74 Å². The molecule has 1 aliphatic heterocycles. The number of carbonyl (C=O) groups is 2. The Morgan fingerprint density at radius 3 is 2.51 bits per heavy atom. The Balaban J connectivity index is 1.26. The molecule has 1 amide bonds. The van der Waals surface area contributed by atoms with Gasteiger partial charge in [-0.2, -0.15) is 0 Å². The lowest BCUT2D eigenvalue weighted by Gasteiger charge is -2.22. The number of para-hydroxylation sites is 1. The molecule has 0 bridgehead atoms. The Bertz CT molecular complexity index is 1140. The number of benzene rings is 2. The van der Waals surface area contributed by atoms with E-state index in [1.54, 1.807) is 24.3 Å². The highest BCUT2D eigenvalue weighted by atomic mass is 16.5. The predicted octanol–water partition coefficient (Wildman–Crippen LogP) is 3.85. The third-order valence-electron chi connectivity index (χ3n) is 6.61. The van der Waals surface area contributed by atoms with Crippen LogP contribution in [-0.4, -0.2) is 52.8 Å². The van der Waals surface area contributed by atoms with E-state index in [0.717, 1.165) is 43.2 Å². The van der Waals surface area contributed by atoms with Crippen molar-refractivity contribution in [3.63, 3.8) is 0 Å². The van der Waals surface area contributed by atoms with Crippen LogP contribution in [0.1, 0.15) is 48.2 Å². The maximum atomic E-state index is 12.7. The molecule has 5 N–H and O–H groups in total. The molecule has 3 aromatic rings. The van der Waals surface area contributed by atoms with Crippen molar-refractivity contribution in [1.82, 2.24) is 15.6 Å². The molecule has 1 fully saturated rings. The van der Waals surface area contributed by atoms with Crippen molar-refractivity contribution in [2.45, 2.75) is 44.6 Å². The van der Waals surface area contributed by atoms with Crippen molar-refractivity contribution in [1.29, 1.82) is 0 Å². The van der Waals surface area contributed by atoms with Gasteiger partial charge in [-0.05, 0) is 74.5 Å². The second-order valence-corrected chi connectivity index (χ2v) is 9.14. The van der Waals surface area contributed by atoms with Crippen LogP contribution in [-0.2, 0) is 11.2 Å². The number of fused-ring (bicyclic) bond motifs is 1. The molecule has 1 atom stereocenters. The number of nitrogens with one attached hydrogen (secondary N) is 3. The summed E-state index contributed by atoms with van der Waals surface area (Å²) in [7, 11) is 0. The van der Waals surface area contributed by atoms with Crippen molar-refractivity contribution in [2.24, 2.45) is 5.92 Å². The van der Waals surface area contributed by atoms with Crippen molar-refractivity contribution in [3.05, 3.63) is 59.8 Å². The molecule has 0 radical (unpaired) electrons. The standard InChI is InChI=1S/C27H33N3O5/c31-25-21-6-1-2-7-22(21)29-24(25)26(32)30-23(27(33)34)17-19-8-10-20(11-9-19)35-16-4-3-5-18-12-14-28-15-13-18/h1-2,6-11,18,23,28-29,31H,3-5,12-17H2,(H,30,32)(H,33,34)/t23-/m0/s1. The summed E-state index contributed by atoms with van der Waals surface area (Å²) in [6.45, 7) is 2.92. The van der Waals surface area contributed by atoms with E-state index in [9.17, 15) is 19.8 Å². The second kappa shape index (κ2) is 11.8. The van der Waals surface area contributed by atoms with Crippen molar-refractivity contribution in [3.8, 4) is 11.5 Å². The number of rotatable bonds is 11. The first-order chi connectivity index (χ1) is 17.0. The first kappa shape index (κ1) is 24.6. The number of carbonyl (C=O) groups excluding carboxylic acids is 1. The fraction of sp³-hybridized carbons (Fsp3) is 0.407. The quantitative estimate of drug-likeness (QED) is 0.266. The molecule has 1 aliphatic rings. The monoisotopic (exact) mass is 479 g/mol. The van der Waals surface area contributed by atoms with Gasteiger partial charge < -0.3 is 30.6 Å². The third-order valence-corrected chi connectivity index (χ3v) is 6.61. The predicted molar refractivity (Wildman–Crippen MR) is 134 cm³/mol. The van der Waals surface area contributed by atoms with E-state index in [1.165, 1.54) is 19.3 Å². The lowest BCUT2D eigenvalue weighted by atomic mass is 9.93. The summed E-state index contributed by atoms with van der Waals surface area (Å²) in [5, 5.41) is 26.4. The number of piperidine rings is 1. The first-order valence-electron chi connectivity index (χ1n) is 12.3. The van der Waals surface area contributed by atoms with Crippen molar-refractivity contribution >= 4 is 22.8 Å². The van der Waals surface area contributed by atoms with Gasteiger partial charge in [0.25, 0.3) is 5.91 Å². The summed E-state index contributed by atoms with van der Waals surface area (Å²) in [6, 6.07) is 13.1. The highest BCUT2D eigenvalue weighted by Gasteiger charge is 2.24. The summed E-state index contributed by atoms with van der Waals surface area (Å²) in [6.07, 6.45) is 6.07. The summed E-state index contributed by atoms with van der Waals surface area (Å²) >= 11 is 0. The Morgan fingerprint density at radius 2 is 1.80 bits per heavy atom. The fourth-order valence-electron chi connectivity index (χ4n) is 4.57. The van der Waals surface area contributed by atoms with Gasteiger partial charge >= 0.3 is 5.97 Å². The van der Waals surface area contributed by atoms with Crippen LogP contribution in [0.4, 0.5) is 0 Å². The number of aromatic amines is 1. The Labute approximate surface area is 204 Å². The largest absolute Gasteiger partial charge is 0.505 e. The number of carboxylic acid groups (broad SMARTS) is 1.